The molecular formula is C23H21F2N7O. The largest absolute Gasteiger partial charge is 0.379 e. The van der Waals surface area contributed by atoms with Crippen molar-refractivity contribution in [2.24, 2.45) is 0 Å². The second-order valence-electron chi connectivity index (χ2n) is 7.75. The Labute approximate surface area is 187 Å². The molecule has 0 spiro atoms. The lowest BCUT2D eigenvalue weighted by molar-refractivity contribution is 0.459. The van der Waals surface area contributed by atoms with Gasteiger partial charge in [0.25, 0.3) is 5.56 Å². The number of halogens is 2. The first-order valence-electron chi connectivity index (χ1n) is 10.4. The normalized spacial score (nSPS) is 17.1. The number of nitrogens with zero attached hydrogens (tertiary/aromatic N) is 4. The number of fused-ring (bicyclic) bond motifs is 1. The van der Waals surface area contributed by atoms with Crippen molar-refractivity contribution in [1.29, 1.82) is 0 Å². The second-order valence-corrected chi connectivity index (χ2v) is 7.75. The molecule has 8 nitrogen and oxygen atoms in total. The van der Waals surface area contributed by atoms with Gasteiger partial charge < -0.3 is 16.0 Å². The minimum Gasteiger partial charge on any atom is -0.379 e. The van der Waals surface area contributed by atoms with Crippen molar-refractivity contribution in [3.63, 3.8) is 0 Å². The Kier molecular flexibility index (Phi) is 5.04. The number of alkyl halides is 1. The van der Waals surface area contributed by atoms with Crippen LogP contribution < -0.4 is 21.5 Å². The number of benzene rings is 1. The highest BCUT2D eigenvalue weighted by Gasteiger charge is 2.38. The van der Waals surface area contributed by atoms with Gasteiger partial charge in [0.1, 0.15) is 29.3 Å². The summed E-state index contributed by atoms with van der Waals surface area (Å²) in [5.41, 5.74) is 2.16. The van der Waals surface area contributed by atoms with Gasteiger partial charge in [0.2, 0.25) is 0 Å². The third-order valence-corrected chi connectivity index (χ3v) is 5.44. The molecule has 0 unspecified atom stereocenters. The van der Waals surface area contributed by atoms with Crippen LogP contribution in [0.1, 0.15) is 12.0 Å². The van der Waals surface area contributed by atoms with Gasteiger partial charge in [-0.3, -0.25) is 9.36 Å². The predicted molar refractivity (Wildman–Crippen MR) is 123 cm³/mol. The standard InChI is InChI=1S/C23H21F2N7O/c1-13(28-19-10-17(19)25)16-12-27-32-21(26-2)11-20(30-22(16)32)29-18-4-3-9-31(23(18)33)15-7-5-14(24)6-8-15/h3-9,11-12,17,19,26,28H,1,10H2,2H3,(H,29,30)/t17-,19+/m1/s1. The fourth-order valence-electron chi connectivity index (χ4n) is 3.56. The highest BCUT2D eigenvalue weighted by Crippen LogP contribution is 2.29. The molecule has 0 aliphatic heterocycles. The van der Waals surface area contributed by atoms with Crippen molar-refractivity contribution >= 4 is 28.7 Å². The minimum absolute atomic E-state index is 0.244. The zero-order valence-corrected chi connectivity index (χ0v) is 17.7. The Morgan fingerprint density at radius 3 is 2.70 bits per heavy atom. The summed E-state index contributed by atoms with van der Waals surface area (Å²) in [5.74, 6) is 0.658. The highest BCUT2D eigenvalue weighted by atomic mass is 19.1. The van der Waals surface area contributed by atoms with Crippen LogP contribution in [0.25, 0.3) is 17.0 Å². The fraction of sp³-hybridized carbons (Fsp3) is 0.174. The molecule has 0 saturated heterocycles. The Morgan fingerprint density at radius 1 is 1.24 bits per heavy atom. The molecule has 3 heterocycles. The molecule has 2 atom stereocenters. The summed E-state index contributed by atoms with van der Waals surface area (Å²) < 4.78 is 29.6. The Morgan fingerprint density at radius 2 is 2.00 bits per heavy atom. The molecule has 0 bridgehead atoms. The van der Waals surface area contributed by atoms with E-state index in [9.17, 15) is 13.6 Å². The van der Waals surface area contributed by atoms with Gasteiger partial charge in [-0.05, 0) is 36.4 Å². The van der Waals surface area contributed by atoms with Crippen molar-refractivity contribution in [3.8, 4) is 5.69 Å². The van der Waals surface area contributed by atoms with Crippen LogP contribution in [0.5, 0.6) is 0 Å². The second kappa shape index (κ2) is 8.05. The van der Waals surface area contributed by atoms with Gasteiger partial charge in [0.15, 0.2) is 5.65 Å². The molecule has 3 N–H and O–H groups in total. The van der Waals surface area contributed by atoms with E-state index in [4.69, 9.17) is 0 Å². The molecule has 0 amide bonds. The smallest absolute Gasteiger partial charge is 0.278 e. The summed E-state index contributed by atoms with van der Waals surface area (Å²) >= 11 is 0. The summed E-state index contributed by atoms with van der Waals surface area (Å²) in [4.78, 5) is 17.7. The van der Waals surface area contributed by atoms with E-state index in [1.54, 1.807) is 42.2 Å². The molecule has 168 valence electrons. The average molecular weight is 449 g/mol. The van der Waals surface area contributed by atoms with Crippen molar-refractivity contribution in [2.75, 3.05) is 17.7 Å². The Hall–Kier alpha value is -4.21. The van der Waals surface area contributed by atoms with Crippen LogP contribution in [0.15, 0.2) is 66.2 Å². The molecular weight excluding hydrogens is 428 g/mol. The first-order valence-corrected chi connectivity index (χ1v) is 10.4. The lowest BCUT2D eigenvalue weighted by atomic mass is 10.2. The van der Waals surface area contributed by atoms with Crippen LogP contribution in [-0.4, -0.2) is 38.4 Å². The van der Waals surface area contributed by atoms with E-state index in [0.29, 0.717) is 40.7 Å². The maximum absolute atomic E-state index is 13.3. The summed E-state index contributed by atoms with van der Waals surface area (Å²) in [6.45, 7) is 4.00. The van der Waals surface area contributed by atoms with Crippen LogP contribution in [0, 0.1) is 5.82 Å². The number of pyridine rings is 1. The van der Waals surface area contributed by atoms with Crippen molar-refractivity contribution < 1.29 is 8.78 Å². The average Bonchev–Trinajstić information content (AvgIpc) is 3.32. The van der Waals surface area contributed by atoms with Gasteiger partial charge in [-0.2, -0.15) is 9.61 Å². The lowest BCUT2D eigenvalue weighted by Gasteiger charge is -2.12. The summed E-state index contributed by atoms with van der Waals surface area (Å²) in [5, 5.41) is 13.5. The van der Waals surface area contributed by atoms with Gasteiger partial charge in [0.05, 0.1) is 17.8 Å². The van der Waals surface area contributed by atoms with Gasteiger partial charge in [-0.15, -0.1) is 0 Å². The lowest BCUT2D eigenvalue weighted by Crippen LogP contribution is -2.20. The van der Waals surface area contributed by atoms with Crippen LogP contribution >= 0.6 is 0 Å². The molecule has 1 fully saturated rings. The van der Waals surface area contributed by atoms with Crippen LogP contribution in [0.2, 0.25) is 0 Å². The van der Waals surface area contributed by atoms with Crippen molar-refractivity contribution in [3.05, 3.63) is 83.2 Å². The van der Waals surface area contributed by atoms with E-state index in [1.807, 2.05) is 0 Å². The third kappa shape index (κ3) is 3.91. The molecule has 10 heteroatoms. The van der Waals surface area contributed by atoms with E-state index in [0.717, 1.165) is 0 Å². The quantitative estimate of drug-likeness (QED) is 0.401. The Balaban J connectivity index is 1.51. The molecule has 1 aliphatic rings. The third-order valence-electron chi connectivity index (χ3n) is 5.44. The number of nitrogens with one attached hydrogen (secondary N) is 3. The molecule has 33 heavy (non-hydrogen) atoms. The van der Waals surface area contributed by atoms with Crippen LogP contribution in [0.3, 0.4) is 0 Å². The van der Waals surface area contributed by atoms with E-state index in [2.05, 4.69) is 32.6 Å². The van der Waals surface area contributed by atoms with Gasteiger partial charge >= 0.3 is 0 Å². The monoisotopic (exact) mass is 449 g/mol. The van der Waals surface area contributed by atoms with E-state index in [-0.39, 0.29) is 23.1 Å². The van der Waals surface area contributed by atoms with Crippen molar-refractivity contribution in [1.82, 2.24) is 24.5 Å². The molecule has 1 aliphatic carbocycles. The molecule has 5 rings (SSSR count). The van der Waals surface area contributed by atoms with E-state index >= 15 is 0 Å². The molecule has 0 radical (unpaired) electrons. The van der Waals surface area contributed by atoms with Gasteiger partial charge in [-0.1, -0.05) is 6.58 Å². The number of rotatable bonds is 7. The van der Waals surface area contributed by atoms with E-state index < -0.39 is 6.17 Å². The zero-order valence-electron chi connectivity index (χ0n) is 17.7. The first-order chi connectivity index (χ1) is 15.9. The Bertz CT molecular complexity index is 1410. The topological polar surface area (TPSA) is 88.3 Å². The van der Waals surface area contributed by atoms with Gasteiger partial charge in [-0.25, -0.2) is 13.8 Å². The zero-order chi connectivity index (χ0) is 23.1. The molecule has 4 aromatic rings. The minimum atomic E-state index is -0.872. The number of aromatic nitrogens is 4. The summed E-state index contributed by atoms with van der Waals surface area (Å²) in [6, 6.07) is 10.5. The first kappa shape index (κ1) is 20.7. The predicted octanol–water partition coefficient (Wildman–Crippen LogP) is 3.48. The molecule has 3 aromatic heterocycles. The maximum atomic E-state index is 13.3. The van der Waals surface area contributed by atoms with Gasteiger partial charge in [0, 0.05) is 37.1 Å². The summed E-state index contributed by atoms with van der Waals surface area (Å²) in [7, 11) is 1.74. The summed E-state index contributed by atoms with van der Waals surface area (Å²) in [6.07, 6.45) is 2.80. The number of hydrogen-bond acceptors (Lipinski definition) is 6. The molecule has 1 aromatic carbocycles. The van der Waals surface area contributed by atoms with E-state index in [1.165, 1.54) is 28.8 Å². The van der Waals surface area contributed by atoms with Crippen LogP contribution in [-0.2, 0) is 0 Å². The maximum Gasteiger partial charge on any atom is 0.278 e. The number of anilines is 3. The van der Waals surface area contributed by atoms with Crippen LogP contribution in [0.4, 0.5) is 26.1 Å². The van der Waals surface area contributed by atoms with Crippen molar-refractivity contribution in [2.45, 2.75) is 18.6 Å². The molecule has 1 saturated carbocycles. The highest BCUT2D eigenvalue weighted by molar-refractivity contribution is 5.76. The number of hydrogen-bond donors (Lipinski definition) is 3. The fourth-order valence-corrected chi connectivity index (χ4v) is 3.56. The SMILES string of the molecule is C=C(N[C@H]1C[C@H]1F)c1cnn2c(NC)cc(Nc3cccn(-c4ccc(F)cc4)c3=O)nc12.